The van der Waals surface area contributed by atoms with Crippen LogP contribution in [0.25, 0.3) is 0 Å². The van der Waals surface area contributed by atoms with E-state index in [1.165, 1.54) is 4.90 Å². The normalized spacial score (nSPS) is 12.8. The SMILES string of the molecule is CC(C)(C)N(CCCC(N=O)c1ccccc1)C(=O)O. The molecule has 20 heavy (non-hydrogen) atoms. The molecule has 0 heterocycles. The maximum absolute atomic E-state index is 11.2. The number of carbonyl (C=O) groups is 1. The molecule has 1 aromatic rings. The third-order valence-corrected chi connectivity index (χ3v) is 3.21. The standard InChI is InChI=1S/C15H22N2O3/c1-15(2,3)17(14(18)19)11-7-10-13(16-20)12-8-5-4-6-9-12/h4-6,8-9,13H,7,10-11H2,1-3H3,(H,18,19). The number of hydrogen-bond donors (Lipinski definition) is 1. The summed E-state index contributed by atoms with van der Waals surface area (Å²) in [5.74, 6) is 0. The van der Waals surface area contributed by atoms with Crippen LogP contribution >= 0.6 is 0 Å². The Bertz CT molecular complexity index is 440. The predicted molar refractivity (Wildman–Crippen MR) is 78.7 cm³/mol. The van der Waals surface area contributed by atoms with Crippen molar-refractivity contribution in [1.82, 2.24) is 4.90 Å². The molecule has 1 amide bonds. The first-order valence-electron chi connectivity index (χ1n) is 6.74. The van der Waals surface area contributed by atoms with E-state index in [1.54, 1.807) is 0 Å². The van der Waals surface area contributed by atoms with Crippen molar-refractivity contribution in [1.29, 1.82) is 0 Å². The summed E-state index contributed by atoms with van der Waals surface area (Å²) in [6.45, 7) is 5.97. The van der Waals surface area contributed by atoms with Crippen LogP contribution in [0.15, 0.2) is 35.5 Å². The minimum Gasteiger partial charge on any atom is -0.465 e. The van der Waals surface area contributed by atoms with E-state index in [9.17, 15) is 14.8 Å². The van der Waals surface area contributed by atoms with Crippen LogP contribution in [0.3, 0.4) is 0 Å². The Labute approximate surface area is 119 Å². The zero-order valence-corrected chi connectivity index (χ0v) is 12.2. The molecular weight excluding hydrogens is 256 g/mol. The fourth-order valence-electron chi connectivity index (χ4n) is 2.12. The lowest BCUT2D eigenvalue weighted by Gasteiger charge is -2.33. The fraction of sp³-hybridized carbons (Fsp3) is 0.533. The van der Waals surface area contributed by atoms with Crippen molar-refractivity contribution >= 4 is 6.09 Å². The molecule has 1 N–H and O–H groups in total. The first-order valence-corrected chi connectivity index (χ1v) is 6.74. The number of benzene rings is 1. The maximum atomic E-state index is 11.2. The topological polar surface area (TPSA) is 70.0 Å². The minimum atomic E-state index is -0.937. The zero-order valence-electron chi connectivity index (χ0n) is 12.2. The highest BCUT2D eigenvalue weighted by atomic mass is 16.4. The third kappa shape index (κ3) is 4.64. The van der Waals surface area contributed by atoms with Crippen molar-refractivity contribution < 1.29 is 9.90 Å². The second-order valence-corrected chi connectivity index (χ2v) is 5.78. The Morgan fingerprint density at radius 2 is 1.90 bits per heavy atom. The number of rotatable bonds is 6. The molecule has 1 rings (SSSR count). The van der Waals surface area contributed by atoms with Gasteiger partial charge in [0.25, 0.3) is 0 Å². The lowest BCUT2D eigenvalue weighted by Crippen LogP contribution is -2.45. The molecule has 0 aliphatic heterocycles. The Morgan fingerprint density at radius 3 is 2.35 bits per heavy atom. The summed E-state index contributed by atoms with van der Waals surface area (Å²) in [6.07, 6.45) is 0.218. The van der Waals surface area contributed by atoms with E-state index >= 15 is 0 Å². The molecule has 0 saturated heterocycles. The van der Waals surface area contributed by atoms with E-state index in [1.807, 2.05) is 51.1 Å². The zero-order chi connectivity index (χ0) is 15.2. The molecule has 5 nitrogen and oxygen atoms in total. The van der Waals surface area contributed by atoms with Gasteiger partial charge >= 0.3 is 6.09 Å². The summed E-state index contributed by atoms with van der Waals surface area (Å²) in [7, 11) is 0. The summed E-state index contributed by atoms with van der Waals surface area (Å²) < 4.78 is 0. The molecule has 5 heteroatoms. The van der Waals surface area contributed by atoms with Gasteiger partial charge in [0.2, 0.25) is 0 Å². The van der Waals surface area contributed by atoms with Crippen molar-refractivity contribution in [3.8, 4) is 0 Å². The smallest absolute Gasteiger partial charge is 0.407 e. The molecular formula is C15H22N2O3. The molecule has 0 aliphatic rings. The van der Waals surface area contributed by atoms with Gasteiger partial charge in [-0.15, -0.1) is 0 Å². The molecule has 1 atom stereocenters. The fourth-order valence-corrected chi connectivity index (χ4v) is 2.12. The first-order chi connectivity index (χ1) is 9.36. The van der Waals surface area contributed by atoms with Gasteiger partial charge in [-0.2, -0.15) is 4.91 Å². The van der Waals surface area contributed by atoms with Crippen molar-refractivity contribution in [2.24, 2.45) is 5.18 Å². The quantitative estimate of drug-likeness (QED) is 0.798. The van der Waals surface area contributed by atoms with Crippen molar-refractivity contribution in [3.05, 3.63) is 40.8 Å². The monoisotopic (exact) mass is 278 g/mol. The summed E-state index contributed by atoms with van der Waals surface area (Å²) in [5, 5.41) is 12.3. The highest BCUT2D eigenvalue weighted by molar-refractivity contribution is 5.65. The molecule has 1 unspecified atom stereocenters. The Morgan fingerprint density at radius 1 is 1.30 bits per heavy atom. The molecule has 0 fully saturated rings. The summed E-state index contributed by atoms with van der Waals surface area (Å²) in [5.41, 5.74) is 0.433. The lowest BCUT2D eigenvalue weighted by molar-refractivity contribution is 0.0987. The maximum Gasteiger partial charge on any atom is 0.407 e. The molecule has 0 bridgehead atoms. The molecule has 0 aliphatic carbocycles. The molecule has 0 radical (unpaired) electrons. The Balaban J connectivity index is 2.57. The van der Waals surface area contributed by atoms with Crippen LogP contribution < -0.4 is 0 Å². The van der Waals surface area contributed by atoms with Gasteiger partial charge in [0.05, 0.1) is 0 Å². The Hall–Kier alpha value is -1.91. The molecule has 0 spiro atoms. The van der Waals surface area contributed by atoms with E-state index in [0.29, 0.717) is 19.4 Å². The van der Waals surface area contributed by atoms with Gasteiger partial charge in [-0.1, -0.05) is 35.5 Å². The second-order valence-electron chi connectivity index (χ2n) is 5.78. The summed E-state index contributed by atoms with van der Waals surface area (Å²) in [6, 6.07) is 8.94. The Kier molecular flexibility index (Phi) is 5.67. The van der Waals surface area contributed by atoms with Crippen molar-refractivity contribution in [3.63, 3.8) is 0 Å². The van der Waals surface area contributed by atoms with Crippen LogP contribution in [-0.2, 0) is 0 Å². The average Bonchev–Trinajstić information content (AvgIpc) is 2.38. The third-order valence-electron chi connectivity index (χ3n) is 3.21. The highest BCUT2D eigenvalue weighted by Crippen LogP contribution is 2.23. The average molecular weight is 278 g/mol. The van der Waals surface area contributed by atoms with Crippen LogP contribution in [0.4, 0.5) is 4.79 Å². The number of hydrogen-bond acceptors (Lipinski definition) is 3. The van der Waals surface area contributed by atoms with E-state index in [-0.39, 0.29) is 0 Å². The summed E-state index contributed by atoms with van der Waals surface area (Å²) in [4.78, 5) is 23.5. The molecule has 0 aromatic heterocycles. The number of carboxylic acid groups (broad SMARTS) is 1. The molecule has 1 aromatic carbocycles. The minimum absolute atomic E-state index is 0.400. The number of amides is 1. The van der Waals surface area contributed by atoms with Gasteiger partial charge in [-0.25, -0.2) is 4.79 Å². The van der Waals surface area contributed by atoms with Crippen molar-refractivity contribution in [2.75, 3.05) is 6.54 Å². The number of nitroso groups, excluding NO2 is 1. The van der Waals surface area contributed by atoms with E-state index in [4.69, 9.17) is 0 Å². The van der Waals surface area contributed by atoms with E-state index in [2.05, 4.69) is 5.18 Å². The van der Waals surface area contributed by atoms with E-state index in [0.717, 1.165) is 5.56 Å². The van der Waals surface area contributed by atoms with E-state index < -0.39 is 17.7 Å². The van der Waals surface area contributed by atoms with Crippen LogP contribution in [0.5, 0.6) is 0 Å². The van der Waals surface area contributed by atoms with Gasteiger partial charge in [0.15, 0.2) is 0 Å². The van der Waals surface area contributed by atoms with Crippen LogP contribution in [-0.4, -0.2) is 28.2 Å². The van der Waals surface area contributed by atoms with Gasteiger partial charge in [0, 0.05) is 12.1 Å². The first kappa shape index (κ1) is 16.1. The number of nitrogens with zero attached hydrogens (tertiary/aromatic N) is 2. The largest absolute Gasteiger partial charge is 0.465 e. The van der Waals surface area contributed by atoms with Gasteiger partial charge in [-0.3, -0.25) is 0 Å². The molecule has 0 saturated carbocycles. The van der Waals surface area contributed by atoms with Gasteiger partial charge in [-0.05, 0) is 39.2 Å². The summed E-state index contributed by atoms with van der Waals surface area (Å²) >= 11 is 0. The molecule has 110 valence electrons. The van der Waals surface area contributed by atoms with Crippen LogP contribution in [0.2, 0.25) is 0 Å². The van der Waals surface area contributed by atoms with Crippen LogP contribution in [0.1, 0.15) is 45.2 Å². The van der Waals surface area contributed by atoms with Crippen molar-refractivity contribution in [2.45, 2.75) is 45.2 Å². The second kappa shape index (κ2) is 7.03. The predicted octanol–water partition coefficient (Wildman–Crippen LogP) is 4.05. The van der Waals surface area contributed by atoms with Gasteiger partial charge < -0.3 is 10.0 Å². The highest BCUT2D eigenvalue weighted by Gasteiger charge is 2.25. The van der Waals surface area contributed by atoms with Gasteiger partial charge in [0.1, 0.15) is 6.04 Å². The van der Waals surface area contributed by atoms with Crippen LogP contribution in [0, 0.1) is 4.91 Å². The lowest BCUT2D eigenvalue weighted by atomic mass is 10.0.